The largest absolute Gasteiger partial charge is 0.508 e. The van der Waals surface area contributed by atoms with Crippen LogP contribution in [-0.4, -0.2) is 50.0 Å². The minimum atomic E-state index is -0.147. The third kappa shape index (κ3) is 3.19. The molecule has 1 amide bonds. The zero-order chi connectivity index (χ0) is 15.8. The number of carbonyl (C=O) groups is 1. The van der Waals surface area contributed by atoms with Crippen molar-refractivity contribution in [2.24, 2.45) is 0 Å². The van der Waals surface area contributed by atoms with Crippen molar-refractivity contribution in [2.75, 3.05) is 13.1 Å². The number of aromatic nitrogens is 3. The zero-order valence-corrected chi connectivity index (χ0v) is 12.7. The Morgan fingerprint density at radius 2 is 2.00 bits per heavy atom. The van der Waals surface area contributed by atoms with Crippen LogP contribution in [0.25, 0.3) is 0 Å². The number of rotatable bonds is 5. The standard InChI is InChI=1S/C16H19N5O2/c22-14-5-1-11(2-6-14)7-20-8-12(9-20)17-16(23)15-10-21(19-18-15)13-3-4-13/h1-2,5-6,10,12-13,22H,3-4,7-9H2,(H,17,23). The SMILES string of the molecule is O=C(NC1CN(Cc2ccc(O)cc2)C1)c1cn(C2CC2)nn1. The molecule has 2 heterocycles. The van der Waals surface area contributed by atoms with Gasteiger partial charge in [0.2, 0.25) is 0 Å². The molecule has 1 aliphatic carbocycles. The Hall–Kier alpha value is -2.41. The second kappa shape index (κ2) is 5.66. The summed E-state index contributed by atoms with van der Waals surface area (Å²) in [6.07, 6.45) is 3.98. The van der Waals surface area contributed by atoms with E-state index in [9.17, 15) is 9.90 Å². The summed E-state index contributed by atoms with van der Waals surface area (Å²) in [5, 5.41) is 20.2. The maximum atomic E-state index is 12.1. The van der Waals surface area contributed by atoms with Crippen LogP contribution in [0.2, 0.25) is 0 Å². The molecular weight excluding hydrogens is 294 g/mol. The molecule has 2 fully saturated rings. The number of phenolic OH excluding ortho intramolecular Hbond substituents is 1. The van der Waals surface area contributed by atoms with E-state index in [-0.39, 0.29) is 17.7 Å². The van der Waals surface area contributed by atoms with Crippen LogP contribution in [0.3, 0.4) is 0 Å². The molecule has 0 radical (unpaired) electrons. The van der Waals surface area contributed by atoms with Crippen LogP contribution in [0.4, 0.5) is 0 Å². The van der Waals surface area contributed by atoms with Gasteiger partial charge in [-0.15, -0.1) is 5.10 Å². The first kappa shape index (κ1) is 14.2. The number of phenols is 1. The van der Waals surface area contributed by atoms with Crippen LogP contribution >= 0.6 is 0 Å². The fraction of sp³-hybridized carbons (Fsp3) is 0.438. The summed E-state index contributed by atoms with van der Waals surface area (Å²) in [4.78, 5) is 14.4. The minimum Gasteiger partial charge on any atom is -0.508 e. The lowest BCUT2D eigenvalue weighted by Gasteiger charge is -2.39. The van der Waals surface area contributed by atoms with Gasteiger partial charge >= 0.3 is 0 Å². The molecule has 0 bridgehead atoms. The molecule has 2 N–H and O–H groups in total. The maximum Gasteiger partial charge on any atom is 0.273 e. The van der Waals surface area contributed by atoms with Gasteiger partial charge < -0.3 is 10.4 Å². The van der Waals surface area contributed by atoms with Crippen LogP contribution in [0, 0.1) is 0 Å². The highest BCUT2D eigenvalue weighted by atomic mass is 16.3. The van der Waals surface area contributed by atoms with E-state index in [1.165, 1.54) is 0 Å². The lowest BCUT2D eigenvalue weighted by molar-refractivity contribution is 0.0790. The van der Waals surface area contributed by atoms with Gasteiger partial charge in [-0.25, -0.2) is 4.68 Å². The summed E-state index contributed by atoms with van der Waals surface area (Å²) in [5.74, 6) is 0.132. The summed E-state index contributed by atoms with van der Waals surface area (Å²) in [6.45, 7) is 2.47. The average Bonchev–Trinajstić information content (AvgIpc) is 3.24. The third-order valence-corrected chi connectivity index (χ3v) is 4.30. The van der Waals surface area contributed by atoms with Gasteiger partial charge in [0.05, 0.1) is 18.3 Å². The smallest absolute Gasteiger partial charge is 0.273 e. The van der Waals surface area contributed by atoms with Crippen LogP contribution < -0.4 is 5.32 Å². The molecule has 23 heavy (non-hydrogen) atoms. The molecule has 1 saturated heterocycles. The molecule has 0 unspecified atom stereocenters. The highest BCUT2D eigenvalue weighted by Crippen LogP contribution is 2.33. The second-order valence-electron chi connectivity index (χ2n) is 6.35. The van der Waals surface area contributed by atoms with Gasteiger partial charge in [0, 0.05) is 19.6 Å². The van der Waals surface area contributed by atoms with Crippen LogP contribution in [0.1, 0.15) is 34.9 Å². The first-order valence-electron chi connectivity index (χ1n) is 7.90. The van der Waals surface area contributed by atoms with E-state index in [4.69, 9.17) is 0 Å². The van der Waals surface area contributed by atoms with Gasteiger partial charge in [0.25, 0.3) is 5.91 Å². The fourth-order valence-electron chi connectivity index (χ4n) is 2.81. The quantitative estimate of drug-likeness (QED) is 0.858. The normalized spacial score (nSPS) is 18.6. The highest BCUT2D eigenvalue weighted by Gasteiger charge is 2.30. The Bertz CT molecular complexity index is 702. The third-order valence-electron chi connectivity index (χ3n) is 4.30. The summed E-state index contributed by atoms with van der Waals surface area (Å²) in [5.41, 5.74) is 1.55. The number of nitrogens with one attached hydrogen (secondary N) is 1. The molecule has 0 spiro atoms. The number of aromatic hydroxyl groups is 1. The number of carbonyl (C=O) groups excluding carboxylic acids is 1. The Balaban J connectivity index is 1.25. The number of hydrogen-bond acceptors (Lipinski definition) is 5. The van der Waals surface area contributed by atoms with Gasteiger partial charge in [0.15, 0.2) is 5.69 Å². The van der Waals surface area contributed by atoms with Crippen LogP contribution in [0.15, 0.2) is 30.5 Å². The second-order valence-corrected chi connectivity index (χ2v) is 6.35. The van der Waals surface area contributed by atoms with Crippen molar-refractivity contribution in [1.29, 1.82) is 0 Å². The molecule has 1 aromatic heterocycles. The zero-order valence-electron chi connectivity index (χ0n) is 12.7. The van der Waals surface area contributed by atoms with Gasteiger partial charge in [-0.05, 0) is 30.5 Å². The number of likely N-dealkylation sites (tertiary alicyclic amines) is 1. The predicted octanol–water partition coefficient (Wildman–Crippen LogP) is 0.933. The summed E-state index contributed by atoms with van der Waals surface area (Å²) in [7, 11) is 0. The Labute approximate surface area is 133 Å². The molecule has 4 rings (SSSR count). The fourth-order valence-corrected chi connectivity index (χ4v) is 2.81. The molecule has 0 atom stereocenters. The number of nitrogens with zero attached hydrogens (tertiary/aromatic N) is 4. The van der Waals surface area contributed by atoms with Gasteiger partial charge in [-0.1, -0.05) is 17.3 Å². The van der Waals surface area contributed by atoms with E-state index in [2.05, 4.69) is 20.5 Å². The number of hydrogen-bond donors (Lipinski definition) is 2. The first-order chi connectivity index (χ1) is 11.2. The van der Waals surface area contributed by atoms with Crippen molar-refractivity contribution >= 4 is 5.91 Å². The van der Waals surface area contributed by atoms with Crippen molar-refractivity contribution in [2.45, 2.75) is 31.5 Å². The number of benzene rings is 1. The molecule has 1 saturated carbocycles. The Morgan fingerprint density at radius 3 is 2.70 bits per heavy atom. The van der Waals surface area contributed by atoms with E-state index < -0.39 is 0 Å². The molecule has 7 heteroatoms. The molecule has 2 aliphatic rings. The number of amides is 1. The molecule has 1 aromatic carbocycles. The van der Waals surface area contributed by atoms with Crippen LogP contribution in [0.5, 0.6) is 5.75 Å². The topological polar surface area (TPSA) is 83.3 Å². The van der Waals surface area contributed by atoms with Crippen LogP contribution in [-0.2, 0) is 6.54 Å². The molecule has 1 aliphatic heterocycles. The minimum absolute atomic E-state index is 0.147. The molecule has 120 valence electrons. The van der Waals surface area contributed by atoms with Crippen molar-refractivity contribution in [1.82, 2.24) is 25.2 Å². The predicted molar refractivity (Wildman–Crippen MR) is 82.9 cm³/mol. The summed E-state index contributed by atoms with van der Waals surface area (Å²) in [6, 6.07) is 7.81. The summed E-state index contributed by atoms with van der Waals surface area (Å²) >= 11 is 0. The summed E-state index contributed by atoms with van der Waals surface area (Å²) < 4.78 is 1.78. The monoisotopic (exact) mass is 313 g/mol. The molecular formula is C16H19N5O2. The van der Waals surface area contributed by atoms with Crippen molar-refractivity contribution in [3.05, 3.63) is 41.7 Å². The maximum absolute atomic E-state index is 12.1. The molecule has 7 nitrogen and oxygen atoms in total. The van der Waals surface area contributed by atoms with E-state index >= 15 is 0 Å². The Morgan fingerprint density at radius 1 is 1.26 bits per heavy atom. The van der Waals surface area contributed by atoms with Gasteiger partial charge in [-0.3, -0.25) is 9.69 Å². The van der Waals surface area contributed by atoms with E-state index in [1.54, 1.807) is 23.0 Å². The van der Waals surface area contributed by atoms with Crippen molar-refractivity contribution in [3.8, 4) is 5.75 Å². The Kier molecular flexibility index (Phi) is 3.49. The van der Waals surface area contributed by atoms with Crippen molar-refractivity contribution < 1.29 is 9.90 Å². The van der Waals surface area contributed by atoms with E-state index in [0.29, 0.717) is 11.7 Å². The highest BCUT2D eigenvalue weighted by molar-refractivity contribution is 5.92. The lowest BCUT2D eigenvalue weighted by atomic mass is 10.1. The average molecular weight is 313 g/mol. The van der Waals surface area contributed by atoms with E-state index in [0.717, 1.165) is 38.0 Å². The molecule has 2 aromatic rings. The van der Waals surface area contributed by atoms with Gasteiger partial charge in [-0.2, -0.15) is 0 Å². The van der Waals surface area contributed by atoms with Gasteiger partial charge in [0.1, 0.15) is 5.75 Å². The first-order valence-corrected chi connectivity index (χ1v) is 7.90. The van der Waals surface area contributed by atoms with E-state index in [1.807, 2.05) is 12.1 Å². The van der Waals surface area contributed by atoms with Crippen molar-refractivity contribution in [3.63, 3.8) is 0 Å². The lowest BCUT2D eigenvalue weighted by Crippen LogP contribution is -2.58.